The van der Waals surface area contributed by atoms with Crippen LogP contribution in [0.3, 0.4) is 0 Å². The van der Waals surface area contributed by atoms with Gasteiger partial charge in [0.15, 0.2) is 17.2 Å². The Morgan fingerprint density at radius 1 is 1.17 bits per heavy atom. The summed E-state index contributed by atoms with van der Waals surface area (Å²) >= 11 is 0. The smallest absolute Gasteiger partial charge is 0.333 e. The maximum atomic E-state index is 13.0. The third-order valence-corrected chi connectivity index (χ3v) is 5.79. The Bertz CT molecular complexity index is 872. The normalized spacial score (nSPS) is 33.6. The number of ketones is 3. The number of carboxylic acids is 1. The fourth-order valence-corrected chi connectivity index (χ4v) is 4.35. The molecule has 1 saturated carbocycles. The molecule has 0 bridgehead atoms. The molecule has 0 aromatic heterocycles. The Hall–Kier alpha value is -3.10. The minimum absolute atomic E-state index is 0.0192. The van der Waals surface area contributed by atoms with E-state index in [9.17, 15) is 28.8 Å². The molecule has 2 N–H and O–H groups in total. The number of hydrogen-bond donors (Lipinski definition) is 2. The Labute approximate surface area is 173 Å². The number of ether oxygens (including phenoxy) is 1. The van der Waals surface area contributed by atoms with Gasteiger partial charge < -0.3 is 15.2 Å². The largest absolute Gasteiger partial charge is 0.478 e. The lowest BCUT2D eigenvalue weighted by Crippen LogP contribution is -2.65. The predicted octanol–water partition coefficient (Wildman–Crippen LogP) is 0.763. The molecule has 30 heavy (non-hydrogen) atoms. The fraction of sp³-hybridized carbons (Fsp3) is 0.524. The number of aliphatic carboxylic acids is 1. The SMILES string of the molecule is CC=CCCC(=O)C1C(=O)C(C)C(=O)[C@@]2(C)OC(=O)[C@@](C)(NC(=O)C=CC(=O)O)[C@@H]12. The van der Waals surface area contributed by atoms with Crippen LogP contribution in [0.4, 0.5) is 0 Å². The van der Waals surface area contributed by atoms with E-state index in [0.717, 1.165) is 0 Å². The number of amides is 1. The van der Waals surface area contributed by atoms with Gasteiger partial charge in [-0.2, -0.15) is 0 Å². The number of Topliss-reactive ketones (excluding diaryl/α,β-unsaturated/α-hetero) is 3. The first kappa shape index (κ1) is 23.2. The highest BCUT2D eigenvalue weighted by Gasteiger charge is 2.72. The minimum Gasteiger partial charge on any atom is -0.478 e. The summed E-state index contributed by atoms with van der Waals surface area (Å²) in [6, 6.07) is 0. The molecule has 1 aliphatic carbocycles. The summed E-state index contributed by atoms with van der Waals surface area (Å²) in [5.74, 6) is -8.69. The van der Waals surface area contributed by atoms with Crippen LogP contribution in [0.1, 0.15) is 40.5 Å². The van der Waals surface area contributed by atoms with Gasteiger partial charge in [-0.1, -0.05) is 12.2 Å². The molecule has 9 heteroatoms. The molecule has 5 atom stereocenters. The van der Waals surface area contributed by atoms with Gasteiger partial charge in [0, 0.05) is 18.6 Å². The molecule has 1 amide bonds. The quantitative estimate of drug-likeness (QED) is 0.266. The first-order valence-electron chi connectivity index (χ1n) is 9.58. The summed E-state index contributed by atoms with van der Waals surface area (Å²) < 4.78 is 5.37. The van der Waals surface area contributed by atoms with E-state index in [2.05, 4.69) is 5.32 Å². The molecular formula is C21H25NO8. The van der Waals surface area contributed by atoms with Crippen LogP contribution >= 0.6 is 0 Å². The summed E-state index contributed by atoms with van der Waals surface area (Å²) in [6.07, 6.45) is 5.20. The van der Waals surface area contributed by atoms with Gasteiger partial charge in [0.25, 0.3) is 0 Å². The fourth-order valence-electron chi connectivity index (χ4n) is 4.35. The van der Waals surface area contributed by atoms with Gasteiger partial charge in [0.1, 0.15) is 11.3 Å². The highest BCUT2D eigenvalue weighted by atomic mass is 16.6. The van der Waals surface area contributed by atoms with Gasteiger partial charge in [0.2, 0.25) is 5.91 Å². The van der Waals surface area contributed by atoms with Gasteiger partial charge in [-0.25, -0.2) is 9.59 Å². The average Bonchev–Trinajstić information content (AvgIpc) is 2.86. The summed E-state index contributed by atoms with van der Waals surface area (Å²) in [7, 11) is 0. The van der Waals surface area contributed by atoms with Crippen LogP contribution in [-0.2, 0) is 33.5 Å². The van der Waals surface area contributed by atoms with Crippen LogP contribution in [0.15, 0.2) is 24.3 Å². The lowest BCUT2D eigenvalue weighted by molar-refractivity contribution is -0.168. The molecule has 0 aromatic carbocycles. The first-order chi connectivity index (χ1) is 13.9. The van der Waals surface area contributed by atoms with Crippen LogP contribution in [0.5, 0.6) is 0 Å². The number of allylic oxidation sites excluding steroid dienone is 2. The number of hydrogen-bond acceptors (Lipinski definition) is 7. The van der Waals surface area contributed by atoms with Crippen LogP contribution in [0.2, 0.25) is 0 Å². The molecule has 0 aromatic rings. The second-order valence-electron chi connectivity index (χ2n) is 7.88. The summed E-state index contributed by atoms with van der Waals surface area (Å²) in [6.45, 7) is 5.78. The predicted molar refractivity (Wildman–Crippen MR) is 103 cm³/mol. The van der Waals surface area contributed by atoms with Crippen molar-refractivity contribution >= 4 is 35.2 Å². The molecule has 2 unspecified atom stereocenters. The zero-order valence-electron chi connectivity index (χ0n) is 17.3. The number of esters is 1. The molecule has 2 fully saturated rings. The summed E-state index contributed by atoms with van der Waals surface area (Å²) in [5, 5.41) is 11.0. The summed E-state index contributed by atoms with van der Waals surface area (Å²) in [5.41, 5.74) is -3.65. The Morgan fingerprint density at radius 2 is 1.80 bits per heavy atom. The van der Waals surface area contributed by atoms with Gasteiger partial charge in [-0.15, -0.1) is 0 Å². The van der Waals surface area contributed by atoms with Crippen LogP contribution < -0.4 is 5.32 Å². The van der Waals surface area contributed by atoms with E-state index in [1.165, 1.54) is 20.8 Å². The molecule has 2 aliphatic rings. The van der Waals surface area contributed by atoms with Crippen molar-refractivity contribution in [2.45, 2.75) is 51.7 Å². The lowest BCUT2D eigenvalue weighted by atomic mass is 9.58. The van der Waals surface area contributed by atoms with E-state index in [0.29, 0.717) is 18.6 Å². The number of nitrogens with one attached hydrogen (secondary N) is 1. The van der Waals surface area contributed by atoms with Crippen molar-refractivity contribution in [2.24, 2.45) is 17.8 Å². The Balaban J connectivity index is 2.51. The molecule has 1 aliphatic heterocycles. The molecule has 1 saturated heterocycles. The van der Waals surface area contributed by atoms with Gasteiger partial charge in [0.05, 0.1) is 17.8 Å². The molecule has 0 radical (unpaired) electrons. The Morgan fingerprint density at radius 3 is 2.37 bits per heavy atom. The first-order valence-corrected chi connectivity index (χ1v) is 9.58. The van der Waals surface area contributed by atoms with E-state index in [4.69, 9.17) is 9.84 Å². The van der Waals surface area contributed by atoms with Gasteiger partial charge in [-0.3, -0.25) is 19.2 Å². The molecule has 2 rings (SSSR count). The minimum atomic E-state index is -1.87. The van der Waals surface area contributed by atoms with Gasteiger partial charge in [-0.05, 0) is 34.1 Å². The highest BCUT2D eigenvalue weighted by molar-refractivity contribution is 6.19. The van der Waals surface area contributed by atoms with E-state index in [1.807, 2.05) is 0 Å². The van der Waals surface area contributed by atoms with E-state index >= 15 is 0 Å². The second-order valence-corrected chi connectivity index (χ2v) is 7.88. The molecule has 0 spiro atoms. The van der Waals surface area contributed by atoms with Crippen molar-refractivity contribution in [3.63, 3.8) is 0 Å². The monoisotopic (exact) mass is 419 g/mol. The third-order valence-electron chi connectivity index (χ3n) is 5.79. The highest BCUT2D eigenvalue weighted by Crippen LogP contribution is 2.50. The van der Waals surface area contributed by atoms with E-state index in [-0.39, 0.29) is 6.42 Å². The van der Waals surface area contributed by atoms with Crippen LogP contribution in [0.25, 0.3) is 0 Å². The van der Waals surface area contributed by atoms with Gasteiger partial charge >= 0.3 is 11.9 Å². The van der Waals surface area contributed by atoms with Crippen LogP contribution in [-0.4, -0.2) is 51.4 Å². The number of fused-ring (bicyclic) bond motifs is 1. The molecule has 1 heterocycles. The van der Waals surface area contributed by atoms with E-state index < -0.39 is 64.1 Å². The second kappa shape index (κ2) is 8.33. The van der Waals surface area contributed by atoms with Crippen molar-refractivity contribution in [1.82, 2.24) is 5.32 Å². The average molecular weight is 419 g/mol. The standard InChI is InChI=1S/C21H25NO8/c1-5-6-7-8-12(23)15-16(27)11(2)18(28)21(4)17(15)20(3,19(29)30-21)22-13(24)9-10-14(25)26/h5-6,9-11,15,17H,7-8H2,1-4H3,(H,22,24)(H,25,26)/t11?,15?,17-,20+,21+/m1/s1. The molecular weight excluding hydrogens is 394 g/mol. The number of carboxylic acid groups (broad SMARTS) is 1. The van der Waals surface area contributed by atoms with Crippen molar-refractivity contribution in [3.05, 3.63) is 24.3 Å². The maximum Gasteiger partial charge on any atom is 0.333 e. The topological polar surface area (TPSA) is 144 Å². The van der Waals surface area contributed by atoms with Crippen molar-refractivity contribution in [1.29, 1.82) is 0 Å². The number of carbonyl (C=O) groups excluding carboxylic acids is 5. The molecule has 162 valence electrons. The number of rotatable bonds is 7. The summed E-state index contributed by atoms with van der Waals surface area (Å²) in [4.78, 5) is 74.4. The maximum absolute atomic E-state index is 13.0. The van der Waals surface area contributed by atoms with Crippen molar-refractivity contribution in [3.8, 4) is 0 Å². The zero-order chi connectivity index (χ0) is 22.9. The zero-order valence-corrected chi connectivity index (χ0v) is 17.3. The van der Waals surface area contributed by atoms with Crippen molar-refractivity contribution < 1.29 is 38.6 Å². The molecule has 9 nitrogen and oxygen atoms in total. The third kappa shape index (κ3) is 3.83. The number of carbonyl (C=O) groups is 6. The Kier molecular flexibility index (Phi) is 6.44. The van der Waals surface area contributed by atoms with E-state index in [1.54, 1.807) is 19.1 Å². The van der Waals surface area contributed by atoms with Crippen LogP contribution in [0, 0.1) is 17.8 Å². The van der Waals surface area contributed by atoms with Crippen molar-refractivity contribution in [2.75, 3.05) is 0 Å². The lowest BCUT2D eigenvalue weighted by Gasteiger charge is -2.43.